The van der Waals surface area contributed by atoms with E-state index in [9.17, 15) is 4.79 Å². The lowest BCUT2D eigenvalue weighted by Crippen LogP contribution is -2.42. The van der Waals surface area contributed by atoms with Crippen LogP contribution in [0.25, 0.3) is 10.9 Å². The fourth-order valence-electron chi connectivity index (χ4n) is 2.15. The number of nitrogens with one attached hydrogen (secondary N) is 2. The van der Waals surface area contributed by atoms with Gasteiger partial charge in [-0.15, -0.1) is 0 Å². The monoisotopic (exact) mass is 259 g/mol. The van der Waals surface area contributed by atoms with E-state index in [1.807, 2.05) is 30.5 Å². The Labute approximate surface area is 113 Å². The highest BCUT2D eigenvalue weighted by molar-refractivity contribution is 5.86. The predicted molar refractivity (Wildman–Crippen MR) is 77.9 cm³/mol. The van der Waals surface area contributed by atoms with Crippen LogP contribution in [0.3, 0.4) is 0 Å². The molecule has 0 saturated heterocycles. The van der Waals surface area contributed by atoms with Gasteiger partial charge in [-0.2, -0.15) is 0 Å². The molecule has 0 spiro atoms. The van der Waals surface area contributed by atoms with Crippen molar-refractivity contribution in [1.29, 1.82) is 0 Å². The van der Waals surface area contributed by atoms with Crippen LogP contribution in [0, 0.1) is 0 Å². The molecule has 0 radical (unpaired) electrons. The maximum Gasteiger partial charge on any atom is 0.237 e. The van der Waals surface area contributed by atoms with Crippen molar-refractivity contribution >= 4 is 16.8 Å². The summed E-state index contributed by atoms with van der Waals surface area (Å²) in [6, 6.07) is 7.55. The summed E-state index contributed by atoms with van der Waals surface area (Å²) in [4.78, 5) is 15.0. The number of H-pyrrole nitrogens is 1. The van der Waals surface area contributed by atoms with Gasteiger partial charge in [-0.05, 0) is 24.5 Å². The molecule has 2 aromatic rings. The second-order valence-electron chi connectivity index (χ2n) is 4.81. The van der Waals surface area contributed by atoms with Crippen molar-refractivity contribution < 1.29 is 4.79 Å². The van der Waals surface area contributed by atoms with Gasteiger partial charge in [-0.25, -0.2) is 0 Å². The van der Waals surface area contributed by atoms with Crippen molar-refractivity contribution in [2.24, 2.45) is 5.73 Å². The molecule has 1 aromatic heterocycles. The van der Waals surface area contributed by atoms with E-state index in [1.54, 1.807) is 0 Å². The van der Waals surface area contributed by atoms with Crippen LogP contribution in [-0.2, 0) is 11.2 Å². The third-order valence-electron chi connectivity index (χ3n) is 3.28. The number of carbonyl (C=O) groups excluding carboxylic acids is 1. The third kappa shape index (κ3) is 3.35. The smallest absolute Gasteiger partial charge is 0.237 e. The highest BCUT2D eigenvalue weighted by Gasteiger charge is 2.15. The largest absolute Gasteiger partial charge is 0.361 e. The maximum absolute atomic E-state index is 11.8. The molecule has 0 bridgehead atoms. The number of hydrogen-bond donors (Lipinski definition) is 3. The first-order chi connectivity index (χ1) is 9.22. The maximum atomic E-state index is 11.8. The second kappa shape index (κ2) is 6.38. The molecule has 0 aliphatic heterocycles. The number of carbonyl (C=O) groups is 1. The van der Waals surface area contributed by atoms with E-state index in [-0.39, 0.29) is 5.91 Å². The number of aromatic nitrogens is 1. The molecule has 2 rings (SSSR count). The second-order valence-corrected chi connectivity index (χ2v) is 4.81. The highest BCUT2D eigenvalue weighted by atomic mass is 16.2. The van der Waals surface area contributed by atoms with Gasteiger partial charge < -0.3 is 16.0 Å². The molecule has 1 atom stereocenters. The zero-order valence-corrected chi connectivity index (χ0v) is 11.3. The number of fused-ring (bicyclic) bond motifs is 1. The van der Waals surface area contributed by atoms with Gasteiger partial charge in [-0.1, -0.05) is 31.5 Å². The van der Waals surface area contributed by atoms with E-state index >= 15 is 0 Å². The molecule has 1 amide bonds. The summed E-state index contributed by atoms with van der Waals surface area (Å²) in [5.74, 6) is -0.0706. The average molecular weight is 259 g/mol. The zero-order chi connectivity index (χ0) is 13.7. The Morgan fingerprint density at radius 1 is 1.42 bits per heavy atom. The molecule has 4 N–H and O–H groups in total. The Hall–Kier alpha value is -1.81. The minimum absolute atomic E-state index is 0.0706. The molecule has 0 aliphatic rings. The molecule has 4 heteroatoms. The molecular weight excluding hydrogens is 238 g/mol. The fourth-order valence-corrected chi connectivity index (χ4v) is 2.15. The molecule has 102 valence electrons. The molecule has 4 nitrogen and oxygen atoms in total. The summed E-state index contributed by atoms with van der Waals surface area (Å²) in [6.45, 7) is 2.80. The lowest BCUT2D eigenvalue weighted by atomic mass is 10.1. The number of rotatable bonds is 6. The van der Waals surface area contributed by atoms with Crippen molar-refractivity contribution in [1.82, 2.24) is 10.3 Å². The third-order valence-corrected chi connectivity index (χ3v) is 3.28. The summed E-state index contributed by atoms with van der Waals surface area (Å²) in [5, 5.41) is 4.01. The van der Waals surface area contributed by atoms with Crippen molar-refractivity contribution in [2.75, 3.05) is 6.54 Å². The summed E-state index contributed by atoms with van der Waals surface area (Å²) in [7, 11) is 0. The van der Waals surface area contributed by atoms with Crippen LogP contribution < -0.4 is 11.1 Å². The Kier molecular flexibility index (Phi) is 4.58. The normalized spacial score (nSPS) is 12.5. The van der Waals surface area contributed by atoms with Gasteiger partial charge in [0.25, 0.3) is 0 Å². The first-order valence-electron chi connectivity index (χ1n) is 6.80. The van der Waals surface area contributed by atoms with Gasteiger partial charge in [-0.3, -0.25) is 4.79 Å². The van der Waals surface area contributed by atoms with E-state index in [2.05, 4.69) is 17.2 Å². The van der Waals surface area contributed by atoms with Gasteiger partial charge in [0.15, 0.2) is 0 Å². The lowest BCUT2D eigenvalue weighted by molar-refractivity contribution is -0.122. The Morgan fingerprint density at radius 3 is 3.00 bits per heavy atom. The van der Waals surface area contributed by atoms with E-state index < -0.39 is 6.04 Å². The highest BCUT2D eigenvalue weighted by Crippen LogP contribution is 2.18. The quantitative estimate of drug-likeness (QED) is 0.694. The van der Waals surface area contributed by atoms with Crippen molar-refractivity contribution in [3.8, 4) is 0 Å². The van der Waals surface area contributed by atoms with Gasteiger partial charge in [0.2, 0.25) is 5.91 Å². The van der Waals surface area contributed by atoms with E-state index in [0.29, 0.717) is 13.0 Å². The van der Waals surface area contributed by atoms with Crippen molar-refractivity contribution in [2.45, 2.75) is 32.2 Å². The van der Waals surface area contributed by atoms with Gasteiger partial charge in [0, 0.05) is 23.6 Å². The van der Waals surface area contributed by atoms with E-state index in [4.69, 9.17) is 5.73 Å². The lowest BCUT2D eigenvalue weighted by Gasteiger charge is -2.11. The van der Waals surface area contributed by atoms with Gasteiger partial charge in [0.05, 0.1) is 6.04 Å². The standard InChI is InChI=1S/C15H21N3O/c1-2-3-8-17-15(19)13(16)9-11-10-18-14-7-5-4-6-12(11)14/h4-7,10,13,18H,2-3,8-9,16H2,1H3,(H,17,19). The zero-order valence-electron chi connectivity index (χ0n) is 11.3. The minimum Gasteiger partial charge on any atom is -0.361 e. The van der Waals surface area contributed by atoms with Crippen LogP contribution in [0.5, 0.6) is 0 Å². The van der Waals surface area contributed by atoms with Gasteiger partial charge >= 0.3 is 0 Å². The molecule has 19 heavy (non-hydrogen) atoms. The Balaban J connectivity index is 1.98. The predicted octanol–water partition coefficient (Wildman–Crippen LogP) is 1.95. The molecule has 1 unspecified atom stereocenters. The minimum atomic E-state index is -0.490. The van der Waals surface area contributed by atoms with Crippen LogP contribution in [-0.4, -0.2) is 23.5 Å². The SMILES string of the molecule is CCCCNC(=O)C(N)Cc1c[nH]c2ccccc12. The summed E-state index contributed by atoms with van der Waals surface area (Å²) >= 11 is 0. The number of nitrogens with two attached hydrogens (primary N) is 1. The van der Waals surface area contributed by atoms with E-state index in [1.165, 1.54) is 0 Å². The Morgan fingerprint density at radius 2 is 2.21 bits per heavy atom. The van der Waals surface area contributed by atoms with Crippen molar-refractivity contribution in [3.63, 3.8) is 0 Å². The van der Waals surface area contributed by atoms with Gasteiger partial charge in [0.1, 0.15) is 0 Å². The van der Waals surface area contributed by atoms with E-state index in [0.717, 1.165) is 29.3 Å². The topological polar surface area (TPSA) is 70.9 Å². The average Bonchev–Trinajstić information content (AvgIpc) is 2.82. The number of unbranched alkanes of at least 4 members (excludes halogenated alkanes) is 1. The summed E-state index contributed by atoms with van der Waals surface area (Å²) in [5.41, 5.74) is 8.13. The molecule has 1 heterocycles. The van der Waals surface area contributed by atoms with Crippen LogP contribution in [0.4, 0.5) is 0 Å². The van der Waals surface area contributed by atoms with Crippen LogP contribution in [0.2, 0.25) is 0 Å². The Bertz CT molecular complexity index is 547. The van der Waals surface area contributed by atoms with Crippen LogP contribution in [0.15, 0.2) is 30.5 Å². The number of aromatic amines is 1. The molecule has 0 fully saturated rings. The number of hydrogen-bond acceptors (Lipinski definition) is 2. The summed E-state index contributed by atoms with van der Waals surface area (Å²) in [6.07, 6.45) is 4.55. The number of benzene rings is 1. The van der Waals surface area contributed by atoms with Crippen LogP contribution >= 0.6 is 0 Å². The molecule has 1 aromatic carbocycles. The van der Waals surface area contributed by atoms with Crippen molar-refractivity contribution in [3.05, 3.63) is 36.0 Å². The fraction of sp³-hybridized carbons (Fsp3) is 0.400. The van der Waals surface area contributed by atoms with Crippen LogP contribution in [0.1, 0.15) is 25.3 Å². The molecule has 0 saturated carbocycles. The number of amides is 1. The first-order valence-corrected chi connectivity index (χ1v) is 6.80. The number of para-hydroxylation sites is 1. The molecular formula is C15H21N3O. The summed E-state index contributed by atoms with van der Waals surface area (Å²) < 4.78 is 0. The first kappa shape index (κ1) is 13.6. The molecule has 0 aliphatic carbocycles.